The van der Waals surface area contributed by atoms with Crippen LogP contribution in [0, 0.1) is 19.7 Å². The first-order valence-corrected chi connectivity index (χ1v) is 9.87. The largest absolute Gasteiger partial charge is 0.439 e. The van der Waals surface area contributed by atoms with Crippen LogP contribution in [-0.2, 0) is 13.1 Å². The molecule has 0 fully saturated rings. The van der Waals surface area contributed by atoms with Gasteiger partial charge in [-0.15, -0.1) is 24.0 Å². The van der Waals surface area contributed by atoms with Crippen LogP contribution in [0.1, 0.15) is 23.4 Å². The average molecular weight is 538 g/mol. The highest BCUT2D eigenvalue weighted by Crippen LogP contribution is 2.20. The van der Waals surface area contributed by atoms with Gasteiger partial charge in [0.25, 0.3) is 0 Å². The van der Waals surface area contributed by atoms with E-state index in [2.05, 4.69) is 38.7 Å². The minimum absolute atomic E-state index is 0. The quantitative estimate of drug-likeness (QED) is 0.195. The van der Waals surface area contributed by atoms with Gasteiger partial charge in [0, 0.05) is 44.6 Å². The summed E-state index contributed by atoms with van der Waals surface area (Å²) in [7, 11) is 1.74. The molecule has 0 saturated carbocycles. The van der Waals surface area contributed by atoms with Crippen LogP contribution < -0.4 is 15.4 Å². The second-order valence-electron chi connectivity index (χ2n) is 6.91. The van der Waals surface area contributed by atoms with Gasteiger partial charge in [0.05, 0.1) is 5.69 Å². The molecule has 1 aromatic carbocycles. The molecule has 166 valence electrons. The molecule has 2 aromatic heterocycles. The number of nitrogens with zero attached hydrogens (tertiary/aromatic N) is 4. The summed E-state index contributed by atoms with van der Waals surface area (Å²) in [5.74, 6) is 1.41. The minimum atomic E-state index is -0.304. The van der Waals surface area contributed by atoms with Crippen LogP contribution in [0.3, 0.4) is 0 Å². The molecule has 3 rings (SSSR count). The standard InChI is InChI=1S/C22H27FN6O.HI/c1-16-13-17(2)29(28-16)12-4-10-26-22(24-3)27-15-18-9-11-25-21(14-18)30-20-7-5-19(23)6-8-20;/h5-9,11,13-14H,4,10,12,15H2,1-3H3,(H2,24,26,27);1H. The third-order valence-electron chi connectivity index (χ3n) is 4.46. The fourth-order valence-corrected chi connectivity index (χ4v) is 2.98. The normalized spacial score (nSPS) is 11.0. The molecule has 0 saturated heterocycles. The molecule has 0 radical (unpaired) electrons. The van der Waals surface area contributed by atoms with Gasteiger partial charge in [-0.2, -0.15) is 5.10 Å². The Morgan fingerprint density at radius 1 is 1.13 bits per heavy atom. The van der Waals surface area contributed by atoms with E-state index < -0.39 is 0 Å². The number of hydrogen-bond donors (Lipinski definition) is 2. The molecule has 9 heteroatoms. The van der Waals surface area contributed by atoms with Crippen molar-refractivity contribution in [2.75, 3.05) is 13.6 Å². The fourth-order valence-electron chi connectivity index (χ4n) is 2.98. The summed E-state index contributed by atoms with van der Waals surface area (Å²) in [6.45, 7) is 6.28. The van der Waals surface area contributed by atoms with E-state index in [9.17, 15) is 4.39 Å². The zero-order chi connectivity index (χ0) is 21.3. The van der Waals surface area contributed by atoms with E-state index in [0.29, 0.717) is 18.2 Å². The molecule has 0 unspecified atom stereocenters. The van der Waals surface area contributed by atoms with Crippen LogP contribution in [0.5, 0.6) is 11.6 Å². The smallest absolute Gasteiger partial charge is 0.219 e. The van der Waals surface area contributed by atoms with Crippen molar-refractivity contribution in [2.24, 2.45) is 4.99 Å². The van der Waals surface area contributed by atoms with Crippen molar-refractivity contribution in [3.8, 4) is 11.6 Å². The fraction of sp³-hybridized carbons (Fsp3) is 0.318. The van der Waals surface area contributed by atoms with Gasteiger partial charge in [0.2, 0.25) is 5.88 Å². The Morgan fingerprint density at radius 2 is 1.90 bits per heavy atom. The van der Waals surface area contributed by atoms with E-state index in [4.69, 9.17) is 4.74 Å². The van der Waals surface area contributed by atoms with Crippen molar-refractivity contribution in [1.82, 2.24) is 25.4 Å². The minimum Gasteiger partial charge on any atom is -0.439 e. The van der Waals surface area contributed by atoms with Crippen molar-refractivity contribution in [3.63, 3.8) is 0 Å². The van der Waals surface area contributed by atoms with Crippen molar-refractivity contribution >= 4 is 29.9 Å². The summed E-state index contributed by atoms with van der Waals surface area (Å²) in [6.07, 6.45) is 2.62. The molecular weight excluding hydrogens is 510 g/mol. The summed E-state index contributed by atoms with van der Waals surface area (Å²) in [6, 6.07) is 11.7. The maximum absolute atomic E-state index is 13.0. The molecule has 0 amide bonds. The number of aliphatic imine (C=N–C) groups is 1. The molecule has 0 aliphatic carbocycles. The van der Waals surface area contributed by atoms with Crippen LogP contribution in [0.2, 0.25) is 0 Å². The molecule has 0 aliphatic heterocycles. The van der Waals surface area contributed by atoms with E-state index in [0.717, 1.165) is 36.7 Å². The first kappa shape index (κ1) is 24.6. The van der Waals surface area contributed by atoms with Gasteiger partial charge in [-0.25, -0.2) is 9.37 Å². The van der Waals surface area contributed by atoms with Crippen LogP contribution in [0.15, 0.2) is 53.7 Å². The van der Waals surface area contributed by atoms with Crippen molar-refractivity contribution < 1.29 is 9.13 Å². The van der Waals surface area contributed by atoms with Gasteiger partial charge in [-0.3, -0.25) is 9.67 Å². The number of aryl methyl sites for hydroxylation is 3. The van der Waals surface area contributed by atoms with Crippen LogP contribution >= 0.6 is 24.0 Å². The van der Waals surface area contributed by atoms with Gasteiger partial charge in [-0.1, -0.05) is 0 Å². The number of benzene rings is 1. The summed E-state index contributed by atoms with van der Waals surface area (Å²) < 4.78 is 20.7. The number of guanidine groups is 1. The van der Waals surface area contributed by atoms with Crippen LogP contribution in [0.4, 0.5) is 4.39 Å². The first-order valence-electron chi connectivity index (χ1n) is 9.87. The second kappa shape index (κ2) is 12.2. The Morgan fingerprint density at radius 3 is 2.58 bits per heavy atom. The zero-order valence-corrected chi connectivity index (χ0v) is 20.3. The Bertz CT molecular complexity index is 990. The maximum Gasteiger partial charge on any atom is 0.219 e. The predicted molar refractivity (Wildman–Crippen MR) is 131 cm³/mol. The lowest BCUT2D eigenvalue weighted by molar-refractivity contribution is 0.460. The molecule has 7 nitrogen and oxygen atoms in total. The number of ether oxygens (including phenoxy) is 1. The zero-order valence-electron chi connectivity index (χ0n) is 17.9. The lowest BCUT2D eigenvalue weighted by Gasteiger charge is -2.13. The molecule has 31 heavy (non-hydrogen) atoms. The molecule has 3 aromatic rings. The van der Waals surface area contributed by atoms with Crippen LogP contribution in [-0.4, -0.2) is 34.3 Å². The van der Waals surface area contributed by atoms with E-state index >= 15 is 0 Å². The van der Waals surface area contributed by atoms with Gasteiger partial charge in [-0.05, 0) is 62.2 Å². The maximum atomic E-state index is 13.0. The summed E-state index contributed by atoms with van der Waals surface area (Å²) in [5, 5.41) is 11.1. The monoisotopic (exact) mass is 538 g/mol. The van der Waals surface area contributed by atoms with Crippen molar-refractivity contribution in [3.05, 3.63) is 71.4 Å². The molecule has 0 aliphatic rings. The SMILES string of the molecule is CN=C(NCCCn1nc(C)cc1C)NCc1ccnc(Oc2ccc(F)cc2)c1.I. The Balaban J connectivity index is 0.00000341. The highest BCUT2D eigenvalue weighted by atomic mass is 127. The Kier molecular flexibility index (Phi) is 9.70. The van der Waals surface area contributed by atoms with Crippen molar-refractivity contribution in [1.29, 1.82) is 0 Å². The van der Waals surface area contributed by atoms with E-state index in [1.54, 1.807) is 25.4 Å². The molecule has 0 atom stereocenters. The second-order valence-corrected chi connectivity index (χ2v) is 6.91. The van der Waals surface area contributed by atoms with Gasteiger partial charge in [0.15, 0.2) is 5.96 Å². The number of aromatic nitrogens is 3. The van der Waals surface area contributed by atoms with Gasteiger partial charge >= 0.3 is 0 Å². The lowest BCUT2D eigenvalue weighted by Crippen LogP contribution is -2.37. The molecule has 0 spiro atoms. The number of halogens is 2. The number of nitrogens with one attached hydrogen (secondary N) is 2. The van der Waals surface area contributed by atoms with E-state index in [1.807, 2.05) is 23.7 Å². The average Bonchev–Trinajstić information content (AvgIpc) is 3.06. The first-order chi connectivity index (χ1) is 14.5. The molecule has 0 bridgehead atoms. The van der Waals surface area contributed by atoms with Crippen molar-refractivity contribution in [2.45, 2.75) is 33.4 Å². The highest BCUT2D eigenvalue weighted by molar-refractivity contribution is 14.0. The number of rotatable bonds is 8. The highest BCUT2D eigenvalue weighted by Gasteiger charge is 2.04. The topological polar surface area (TPSA) is 76.4 Å². The third-order valence-corrected chi connectivity index (χ3v) is 4.46. The summed E-state index contributed by atoms with van der Waals surface area (Å²) in [4.78, 5) is 8.46. The van der Waals surface area contributed by atoms with Gasteiger partial charge in [0.1, 0.15) is 11.6 Å². The lowest BCUT2D eigenvalue weighted by atomic mass is 10.2. The number of pyridine rings is 1. The number of hydrogen-bond acceptors (Lipinski definition) is 4. The van der Waals surface area contributed by atoms with Crippen LogP contribution in [0.25, 0.3) is 0 Å². The summed E-state index contributed by atoms with van der Waals surface area (Å²) >= 11 is 0. The van der Waals surface area contributed by atoms with Gasteiger partial charge < -0.3 is 15.4 Å². The van der Waals surface area contributed by atoms with E-state index in [-0.39, 0.29) is 29.8 Å². The molecular formula is C22H28FIN6O. The summed E-state index contributed by atoms with van der Waals surface area (Å²) in [5.41, 5.74) is 3.21. The Labute approximate surface area is 199 Å². The predicted octanol–water partition coefficient (Wildman–Crippen LogP) is 4.20. The molecule has 2 N–H and O–H groups in total. The van der Waals surface area contributed by atoms with E-state index in [1.165, 1.54) is 17.8 Å². The molecule has 2 heterocycles. The third kappa shape index (κ3) is 7.82. The Hall–Kier alpha value is -2.69.